The predicted octanol–water partition coefficient (Wildman–Crippen LogP) is 1.50. The molecule has 0 saturated carbocycles. The molecule has 2 N–H and O–H groups in total. The van der Waals surface area contributed by atoms with E-state index in [0.717, 1.165) is 18.8 Å². The minimum Gasteiger partial charge on any atom is -0.325 e. The van der Waals surface area contributed by atoms with Gasteiger partial charge in [-0.3, -0.25) is 4.79 Å². The highest BCUT2D eigenvalue weighted by Crippen LogP contribution is 2.22. The SMILES string of the molecule is CC(=O)Nc1ccsc1CNC1CCN(C)C1. The minimum atomic E-state index is -0.00903. The first-order valence-corrected chi connectivity index (χ1v) is 6.79. The predicted molar refractivity (Wildman–Crippen MR) is 71.4 cm³/mol. The quantitative estimate of drug-likeness (QED) is 0.854. The monoisotopic (exact) mass is 253 g/mol. The van der Waals surface area contributed by atoms with Crippen LogP contribution in [0.4, 0.5) is 5.69 Å². The summed E-state index contributed by atoms with van der Waals surface area (Å²) >= 11 is 1.68. The van der Waals surface area contributed by atoms with Crippen LogP contribution < -0.4 is 10.6 Å². The van der Waals surface area contributed by atoms with Gasteiger partial charge in [0.25, 0.3) is 0 Å². The molecule has 0 aliphatic carbocycles. The van der Waals surface area contributed by atoms with Crippen LogP contribution in [0.1, 0.15) is 18.2 Å². The summed E-state index contributed by atoms with van der Waals surface area (Å²) < 4.78 is 0. The van der Waals surface area contributed by atoms with Crippen LogP contribution in [0.2, 0.25) is 0 Å². The van der Waals surface area contributed by atoms with Gasteiger partial charge in [0.2, 0.25) is 5.91 Å². The van der Waals surface area contributed by atoms with E-state index in [1.807, 2.05) is 11.4 Å². The van der Waals surface area contributed by atoms with E-state index in [1.165, 1.54) is 17.8 Å². The number of likely N-dealkylation sites (N-methyl/N-ethyl adjacent to an activating group) is 1. The highest BCUT2D eigenvalue weighted by molar-refractivity contribution is 7.10. The lowest BCUT2D eigenvalue weighted by Gasteiger charge is -2.13. The Balaban J connectivity index is 1.86. The van der Waals surface area contributed by atoms with E-state index >= 15 is 0 Å². The zero-order valence-electron chi connectivity index (χ0n) is 10.3. The first-order valence-electron chi connectivity index (χ1n) is 5.91. The van der Waals surface area contributed by atoms with E-state index in [-0.39, 0.29) is 5.91 Å². The number of thiophene rings is 1. The molecule has 2 heterocycles. The Morgan fingerprint density at radius 1 is 1.65 bits per heavy atom. The van der Waals surface area contributed by atoms with E-state index in [4.69, 9.17) is 0 Å². The molecular formula is C12H19N3OS. The number of likely N-dealkylation sites (tertiary alicyclic amines) is 1. The van der Waals surface area contributed by atoms with Crippen LogP contribution in [0.15, 0.2) is 11.4 Å². The summed E-state index contributed by atoms with van der Waals surface area (Å²) in [6.07, 6.45) is 1.21. The van der Waals surface area contributed by atoms with E-state index in [9.17, 15) is 4.79 Å². The molecule has 94 valence electrons. The molecule has 0 radical (unpaired) electrons. The third-order valence-corrected chi connectivity index (χ3v) is 3.92. The molecular weight excluding hydrogens is 234 g/mol. The van der Waals surface area contributed by atoms with Gasteiger partial charge in [0.15, 0.2) is 0 Å². The van der Waals surface area contributed by atoms with Gasteiger partial charge in [0, 0.05) is 30.9 Å². The number of anilines is 1. The topological polar surface area (TPSA) is 44.4 Å². The van der Waals surface area contributed by atoms with Crippen molar-refractivity contribution in [1.29, 1.82) is 0 Å². The number of hydrogen-bond acceptors (Lipinski definition) is 4. The van der Waals surface area contributed by atoms with Gasteiger partial charge >= 0.3 is 0 Å². The molecule has 1 unspecified atom stereocenters. The van der Waals surface area contributed by atoms with Crippen molar-refractivity contribution in [1.82, 2.24) is 10.2 Å². The third-order valence-electron chi connectivity index (χ3n) is 3.00. The molecule has 4 nitrogen and oxygen atoms in total. The number of amides is 1. The lowest BCUT2D eigenvalue weighted by atomic mass is 10.2. The fourth-order valence-electron chi connectivity index (χ4n) is 2.12. The van der Waals surface area contributed by atoms with Crippen molar-refractivity contribution < 1.29 is 4.79 Å². The molecule has 1 amide bonds. The Labute approximate surface area is 106 Å². The second kappa shape index (κ2) is 5.62. The van der Waals surface area contributed by atoms with E-state index in [0.29, 0.717) is 6.04 Å². The van der Waals surface area contributed by atoms with E-state index in [2.05, 4.69) is 22.6 Å². The van der Waals surface area contributed by atoms with Crippen LogP contribution in [-0.2, 0) is 11.3 Å². The van der Waals surface area contributed by atoms with Crippen LogP contribution in [0.25, 0.3) is 0 Å². The Morgan fingerprint density at radius 3 is 3.12 bits per heavy atom. The summed E-state index contributed by atoms with van der Waals surface area (Å²) in [7, 11) is 2.15. The lowest BCUT2D eigenvalue weighted by molar-refractivity contribution is -0.114. The van der Waals surface area contributed by atoms with Crippen LogP contribution in [-0.4, -0.2) is 37.0 Å². The van der Waals surface area contributed by atoms with Crippen molar-refractivity contribution in [3.63, 3.8) is 0 Å². The number of nitrogens with one attached hydrogen (secondary N) is 2. The maximum atomic E-state index is 11.0. The average Bonchev–Trinajstić information content (AvgIpc) is 2.84. The average molecular weight is 253 g/mol. The van der Waals surface area contributed by atoms with Gasteiger partial charge in [-0.1, -0.05) is 0 Å². The lowest BCUT2D eigenvalue weighted by Crippen LogP contribution is -2.30. The maximum Gasteiger partial charge on any atom is 0.221 e. The standard InChI is InChI=1S/C12H19N3OS/c1-9(16)14-11-4-6-17-12(11)7-13-10-3-5-15(2)8-10/h4,6,10,13H,3,5,7-8H2,1-2H3,(H,14,16). The first kappa shape index (κ1) is 12.5. The van der Waals surface area contributed by atoms with Crippen LogP contribution in [0, 0.1) is 0 Å². The van der Waals surface area contributed by atoms with Gasteiger partial charge in [0.1, 0.15) is 0 Å². The summed E-state index contributed by atoms with van der Waals surface area (Å²) in [6.45, 7) is 4.66. The number of carbonyl (C=O) groups excluding carboxylic acids is 1. The highest BCUT2D eigenvalue weighted by Gasteiger charge is 2.19. The summed E-state index contributed by atoms with van der Waals surface area (Å²) in [5.74, 6) is -0.00903. The second-order valence-electron chi connectivity index (χ2n) is 4.57. The molecule has 1 atom stereocenters. The Hall–Kier alpha value is -0.910. The fourth-order valence-corrected chi connectivity index (χ4v) is 2.90. The van der Waals surface area contributed by atoms with Crippen molar-refractivity contribution in [2.75, 3.05) is 25.5 Å². The Morgan fingerprint density at radius 2 is 2.47 bits per heavy atom. The smallest absolute Gasteiger partial charge is 0.221 e. The molecule has 5 heteroatoms. The van der Waals surface area contributed by atoms with Crippen LogP contribution in [0.5, 0.6) is 0 Å². The van der Waals surface area contributed by atoms with Crippen LogP contribution in [0.3, 0.4) is 0 Å². The van der Waals surface area contributed by atoms with E-state index < -0.39 is 0 Å². The molecule has 1 aromatic heterocycles. The van der Waals surface area contributed by atoms with Crippen LogP contribution >= 0.6 is 11.3 Å². The highest BCUT2D eigenvalue weighted by atomic mass is 32.1. The van der Waals surface area contributed by atoms with Crippen molar-refractivity contribution >= 4 is 22.9 Å². The normalized spacial score (nSPS) is 20.7. The summed E-state index contributed by atoms with van der Waals surface area (Å²) in [5.41, 5.74) is 0.946. The molecule has 0 aromatic carbocycles. The summed E-state index contributed by atoms with van der Waals surface area (Å²) in [4.78, 5) is 14.6. The molecule has 1 aromatic rings. The zero-order valence-corrected chi connectivity index (χ0v) is 11.1. The summed E-state index contributed by atoms with van der Waals surface area (Å²) in [6, 6.07) is 2.54. The van der Waals surface area contributed by atoms with E-state index in [1.54, 1.807) is 18.3 Å². The second-order valence-corrected chi connectivity index (χ2v) is 5.57. The largest absolute Gasteiger partial charge is 0.325 e. The molecule has 1 aliphatic heterocycles. The van der Waals surface area contributed by atoms with Gasteiger partial charge in [-0.15, -0.1) is 11.3 Å². The number of hydrogen-bond donors (Lipinski definition) is 2. The van der Waals surface area contributed by atoms with Crippen molar-refractivity contribution in [3.8, 4) is 0 Å². The molecule has 1 fully saturated rings. The molecule has 17 heavy (non-hydrogen) atoms. The van der Waals surface area contributed by atoms with Gasteiger partial charge in [-0.2, -0.15) is 0 Å². The minimum absolute atomic E-state index is 0.00903. The Kier molecular flexibility index (Phi) is 4.15. The maximum absolute atomic E-state index is 11.0. The first-order chi connectivity index (χ1) is 8.15. The molecule has 1 aliphatic rings. The number of carbonyl (C=O) groups is 1. The summed E-state index contributed by atoms with van der Waals surface area (Å²) in [5, 5.41) is 8.42. The van der Waals surface area contributed by atoms with Crippen molar-refractivity contribution in [3.05, 3.63) is 16.3 Å². The molecule has 0 spiro atoms. The van der Waals surface area contributed by atoms with Gasteiger partial charge in [0.05, 0.1) is 5.69 Å². The Bertz CT molecular complexity index is 391. The molecule has 0 bridgehead atoms. The molecule has 2 rings (SSSR count). The zero-order chi connectivity index (χ0) is 12.3. The van der Waals surface area contributed by atoms with Gasteiger partial charge in [-0.05, 0) is 31.5 Å². The molecule has 1 saturated heterocycles. The third kappa shape index (κ3) is 3.52. The van der Waals surface area contributed by atoms with Crippen molar-refractivity contribution in [2.45, 2.75) is 25.9 Å². The fraction of sp³-hybridized carbons (Fsp3) is 0.583. The van der Waals surface area contributed by atoms with Gasteiger partial charge < -0.3 is 15.5 Å². The van der Waals surface area contributed by atoms with Crippen molar-refractivity contribution in [2.24, 2.45) is 0 Å². The van der Waals surface area contributed by atoms with Gasteiger partial charge in [-0.25, -0.2) is 0 Å². The number of rotatable bonds is 4. The number of nitrogens with zero attached hydrogens (tertiary/aromatic N) is 1.